The largest absolute Gasteiger partial charge is 0.469 e. The van der Waals surface area contributed by atoms with Crippen molar-refractivity contribution in [2.75, 3.05) is 18.6 Å². The van der Waals surface area contributed by atoms with Crippen LogP contribution in [0.3, 0.4) is 0 Å². The third-order valence-electron chi connectivity index (χ3n) is 8.53. The first-order valence-corrected chi connectivity index (χ1v) is 12.9. The zero-order valence-electron chi connectivity index (χ0n) is 19.7. The Bertz CT molecular complexity index is 823. The van der Waals surface area contributed by atoms with Crippen LogP contribution >= 0.6 is 0 Å². The number of fused-ring (bicyclic) bond motifs is 1. The maximum absolute atomic E-state index is 13.5. The number of carbonyl (C=O) groups is 2. The van der Waals surface area contributed by atoms with E-state index in [0.717, 1.165) is 12.8 Å². The summed E-state index contributed by atoms with van der Waals surface area (Å²) in [4.78, 5) is 26.1. The molecule has 3 fully saturated rings. The highest BCUT2D eigenvalue weighted by Crippen LogP contribution is 2.82. The van der Waals surface area contributed by atoms with Crippen LogP contribution in [0, 0.1) is 46.3 Å². The first-order chi connectivity index (χ1) is 13.6. The molecule has 3 unspecified atom stereocenters. The average Bonchev–Trinajstić information content (AvgIpc) is 2.87. The van der Waals surface area contributed by atoms with E-state index >= 15 is 0 Å². The van der Waals surface area contributed by atoms with Gasteiger partial charge >= 0.3 is 11.9 Å². The molecule has 0 aromatic rings. The summed E-state index contributed by atoms with van der Waals surface area (Å²) >= 11 is 0. The maximum Gasteiger partial charge on any atom is 0.310 e. The molecule has 1 saturated heterocycles. The highest BCUT2D eigenvalue weighted by molar-refractivity contribution is 7.91. The molecular weight excluding hydrogens is 404 g/mol. The summed E-state index contributed by atoms with van der Waals surface area (Å²) in [6.07, 6.45) is 1.90. The summed E-state index contributed by atoms with van der Waals surface area (Å²) in [6.45, 7) is 14.4. The number of hydrogen-bond acceptors (Lipinski definition) is 6. The Morgan fingerprint density at radius 2 is 1.73 bits per heavy atom. The van der Waals surface area contributed by atoms with E-state index in [4.69, 9.17) is 9.47 Å². The van der Waals surface area contributed by atoms with E-state index in [-0.39, 0.29) is 34.2 Å². The SMILES string of the molecule is CCC1CC([C@H](C(=O)OC(C)(C)C)[C@H]2CS(=O)(=O)C[C@H]2C(=O)OC)[C@]2(C)C1C2(C)C. The predicted molar refractivity (Wildman–Crippen MR) is 114 cm³/mol. The molecule has 1 aliphatic heterocycles. The molecule has 2 aliphatic carbocycles. The van der Waals surface area contributed by atoms with Crippen molar-refractivity contribution in [3.63, 3.8) is 0 Å². The first-order valence-electron chi connectivity index (χ1n) is 11.1. The van der Waals surface area contributed by atoms with Crippen molar-refractivity contribution in [1.82, 2.24) is 0 Å². The van der Waals surface area contributed by atoms with E-state index in [1.54, 1.807) is 0 Å². The van der Waals surface area contributed by atoms with Gasteiger partial charge < -0.3 is 9.47 Å². The molecule has 30 heavy (non-hydrogen) atoms. The summed E-state index contributed by atoms with van der Waals surface area (Å²) in [5.74, 6) is -2.40. The zero-order chi connectivity index (χ0) is 22.9. The summed E-state index contributed by atoms with van der Waals surface area (Å²) in [7, 11) is -2.16. The molecule has 0 amide bonds. The van der Waals surface area contributed by atoms with E-state index in [0.29, 0.717) is 11.8 Å². The van der Waals surface area contributed by atoms with Gasteiger partial charge in [0.25, 0.3) is 0 Å². The van der Waals surface area contributed by atoms with Crippen LogP contribution in [0.15, 0.2) is 0 Å². The number of rotatable bonds is 5. The molecule has 0 N–H and O–H groups in total. The van der Waals surface area contributed by atoms with Gasteiger partial charge in [-0.2, -0.15) is 0 Å². The van der Waals surface area contributed by atoms with Crippen LogP contribution in [-0.4, -0.2) is 44.6 Å². The highest BCUT2D eigenvalue weighted by atomic mass is 32.2. The molecule has 0 spiro atoms. The topological polar surface area (TPSA) is 86.7 Å². The van der Waals surface area contributed by atoms with Crippen LogP contribution < -0.4 is 0 Å². The van der Waals surface area contributed by atoms with Crippen molar-refractivity contribution >= 4 is 21.8 Å². The van der Waals surface area contributed by atoms with Gasteiger partial charge in [-0.1, -0.05) is 34.1 Å². The third kappa shape index (κ3) is 3.59. The minimum atomic E-state index is -3.43. The van der Waals surface area contributed by atoms with Crippen molar-refractivity contribution in [2.24, 2.45) is 46.3 Å². The highest BCUT2D eigenvalue weighted by Gasteiger charge is 2.78. The lowest BCUT2D eigenvalue weighted by Gasteiger charge is -2.38. The van der Waals surface area contributed by atoms with Crippen LogP contribution in [0.1, 0.15) is 61.3 Å². The number of hydrogen-bond donors (Lipinski definition) is 0. The molecule has 0 aromatic carbocycles. The van der Waals surface area contributed by atoms with Crippen molar-refractivity contribution in [3.8, 4) is 0 Å². The second-order valence-corrected chi connectivity index (χ2v) is 13.6. The zero-order valence-corrected chi connectivity index (χ0v) is 20.5. The summed E-state index contributed by atoms with van der Waals surface area (Å²) in [6, 6.07) is 0. The number of methoxy groups -OCH3 is 1. The van der Waals surface area contributed by atoms with Crippen LogP contribution in [0.2, 0.25) is 0 Å². The molecule has 3 aliphatic rings. The molecule has 2 saturated carbocycles. The standard InChI is InChI=1S/C23H38O6S/c1-9-13-10-16(23(7)18(13)22(23,5)6)17(20(25)29-21(2,3)4)14-11-30(26,27)12-15(14)19(24)28-8/h13-18H,9-12H2,1-8H3/t13?,14-,15+,16?,17+,18?,23+/m0/s1. The van der Waals surface area contributed by atoms with Crippen molar-refractivity contribution in [3.05, 3.63) is 0 Å². The predicted octanol–water partition coefficient (Wildman–Crippen LogP) is 3.49. The van der Waals surface area contributed by atoms with Gasteiger partial charge in [0.05, 0.1) is 30.5 Å². The van der Waals surface area contributed by atoms with E-state index in [1.807, 2.05) is 20.8 Å². The molecule has 7 atom stereocenters. The molecule has 3 rings (SSSR count). The molecular formula is C23H38O6S. The Morgan fingerprint density at radius 3 is 2.20 bits per heavy atom. The Morgan fingerprint density at radius 1 is 1.13 bits per heavy atom. The number of sulfone groups is 1. The number of carbonyl (C=O) groups excluding carboxylic acids is 2. The van der Waals surface area contributed by atoms with Gasteiger partial charge in [-0.15, -0.1) is 0 Å². The number of ether oxygens (including phenoxy) is 2. The minimum Gasteiger partial charge on any atom is -0.469 e. The van der Waals surface area contributed by atoms with Gasteiger partial charge in [0.2, 0.25) is 0 Å². The fourth-order valence-electron chi connectivity index (χ4n) is 7.11. The van der Waals surface area contributed by atoms with Crippen molar-refractivity contribution in [2.45, 2.75) is 66.9 Å². The van der Waals surface area contributed by atoms with Crippen LogP contribution in [0.5, 0.6) is 0 Å². The number of esters is 2. The molecule has 0 aromatic heterocycles. The normalized spacial score (nSPS) is 39.8. The van der Waals surface area contributed by atoms with Crippen molar-refractivity contribution in [1.29, 1.82) is 0 Å². The Hall–Kier alpha value is -1.11. The third-order valence-corrected chi connectivity index (χ3v) is 10.3. The summed E-state index contributed by atoms with van der Waals surface area (Å²) in [5.41, 5.74) is -0.674. The first kappa shape index (κ1) is 23.6. The van der Waals surface area contributed by atoms with Crippen LogP contribution in [0.4, 0.5) is 0 Å². The Balaban J connectivity index is 2.06. The monoisotopic (exact) mass is 442 g/mol. The summed E-state index contributed by atoms with van der Waals surface area (Å²) < 4.78 is 35.9. The van der Waals surface area contributed by atoms with Gasteiger partial charge in [0.15, 0.2) is 9.84 Å². The van der Waals surface area contributed by atoms with Gasteiger partial charge in [-0.25, -0.2) is 8.42 Å². The average molecular weight is 443 g/mol. The van der Waals surface area contributed by atoms with Gasteiger partial charge in [0.1, 0.15) is 5.60 Å². The lowest BCUT2D eigenvalue weighted by atomic mass is 9.67. The smallest absolute Gasteiger partial charge is 0.310 e. The van der Waals surface area contributed by atoms with Crippen LogP contribution in [-0.2, 0) is 28.9 Å². The van der Waals surface area contributed by atoms with Gasteiger partial charge in [-0.05, 0) is 55.8 Å². The van der Waals surface area contributed by atoms with E-state index in [1.165, 1.54) is 7.11 Å². The lowest BCUT2D eigenvalue weighted by molar-refractivity contribution is -0.167. The van der Waals surface area contributed by atoms with E-state index in [2.05, 4.69) is 27.7 Å². The molecule has 7 heteroatoms. The second kappa shape index (κ2) is 7.21. The maximum atomic E-state index is 13.5. The van der Waals surface area contributed by atoms with Gasteiger partial charge in [0, 0.05) is 5.92 Å². The Labute approximate surface area is 181 Å². The second-order valence-electron chi connectivity index (χ2n) is 11.4. The van der Waals surface area contributed by atoms with E-state index in [9.17, 15) is 18.0 Å². The fourth-order valence-corrected chi connectivity index (χ4v) is 9.20. The molecule has 172 valence electrons. The van der Waals surface area contributed by atoms with Crippen LogP contribution in [0.25, 0.3) is 0 Å². The summed E-state index contributed by atoms with van der Waals surface area (Å²) in [5, 5.41) is 0. The quantitative estimate of drug-likeness (QED) is 0.606. The fraction of sp³-hybridized carbons (Fsp3) is 0.913. The molecule has 6 nitrogen and oxygen atoms in total. The lowest BCUT2D eigenvalue weighted by Crippen LogP contribution is -2.43. The molecule has 1 heterocycles. The molecule has 0 radical (unpaired) electrons. The molecule has 0 bridgehead atoms. The Kier molecular flexibility index (Phi) is 5.66. The van der Waals surface area contributed by atoms with Gasteiger partial charge in [-0.3, -0.25) is 9.59 Å². The van der Waals surface area contributed by atoms with E-state index < -0.39 is 39.2 Å². The minimum absolute atomic E-state index is 0.0113. The van der Waals surface area contributed by atoms with Crippen molar-refractivity contribution < 1.29 is 27.5 Å².